The summed E-state index contributed by atoms with van der Waals surface area (Å²) in [5.74, 6) is 2.16. The van der Waals surface area contributed by atoms with Crippen molar-refractivity contribution in [1.29, 1.82) is 0 Å². The summed E-state index contributed by atoms with van der Waals surface area (Å²) in [4.78, 5) is 14.8. The molecule has 5 nitrogen and oxygen atoms in total. The average molecular weight is 421 g/mol. The molecule has 0 spiro atoms. The molecule has 1 N–H and O–H groups in total. The van der Waals surface area contributed by atoms with E-state index in [4.69, 9.17) is 9.15 Å². The fourth-order valence-electron chi connectivity index (χ4n) is 3.33. The maximum Gasteiger partial charge on any atom is 0.287 e. The molecule has 1 atom stereocenters. The molecule has 0 aliphatic rings. The summed E-state index contributed by atoms with van der Waals surface area (Å²) in [5.41, 5.74) is 2.32. The van der Waals surface area contributed by atoms with Crippen molar-refractivity contribution in [3.05, 3.63) is 89.4 Å². The molecule has 31 heavy (non-hydrogen) atoms. The van der Waals surface area contributed by atoms with E-state index >= 15 is 0 Å². The molecule has 0 radical (unpaired) electrons. The van der Waals surface area contributed by atoms with Crippen molar-refractivity contribution in [2.75, 3.05) is 7.11 Å². The van der Waals surface area contributed by atoms with Crippen molar-refractivity contribution in [2.45, 2.75) is 46.4 Å². The molecule has 2 aromatic carbocycles. The number of carbonyl (C=O) groups is 1. The van der Waals surface area contributed by atoms with E-state index in [1.165, 1.54) is 5.56 Å². The Bertz CT molecular complexity index is 966. The highest BCUT2D eigenvalue weighted by atomic mass is 16.5. The molecule has 0 saturated carbocycles. The lowest BCUT2D eigenvalue weighted by Crippen LogP contribution is -2.35. The lowest BCUT2D eigenvalue weighted by Gasteiger charge is -2.22. The third-order valence-corrected chi connectivity index (χ3v) is 5.46. The van der Waals surface area contributed by atoms with E-state index in [1.54, 1.807) is 13.2 Å². The minimum atomic E-state index is -0.174. The highest BCUT2D eigenvalue weighted by Crippen LogP contribution is 2.22. The van der Waals surface area contributed by atoms with E-state index in [0.29, 0.717) is 24.8 Å². The monoisotopic (exact) mass is 420 g/mol. The minimum Gasteiger partial charge on any atom is -0.496 e. The van der Waals surface area contributed by atoms with Crippen LogP contribution in [0.5, 0.6) is 5.75 Å². The molecule has 5 heteroatoms. The number of para-hydroxylation sites is 1. The number of rotatable bonds is 10. The topological polar surface area (TPSA) is 54.7 Å². The lowest BCUT2D eigenvalue weighted by molar-refractivity contribution is 0.0898. The van der Waals surface area contributed by atoms with Gasteiger partial charge in [-0.1, -0.05) is 62.4 Å². The fourth-order valence-corrected chi connectivity index (χ4v) is 3.33. The molecule has 3 rings (SSSR count). The van der Waals surface area contributed by atoms with E-state index in [1.807, 2.05) is 49.4 Å². The number of benzene rings is 2. The van der Waals surface area contributed by atoms with Gasteiger partial charge in [0, 0.05) is 24.7 Å². The van der Waals surface area contributed by atoms with Gasteiger partial charge in [-0.05, 0) is 36.6 Å². The van der Waals surface area contributed by atoms with Gasteiger partial charge in [0.05, 0.1) is 13.7 Å². The zero-order valence-corrected chi connectivity index (χ0v) is 18.8. The highest BCUT2D eigenvalue weighted by Gasteiger charge is 2.18. The summed E-state index contributed by atoms with van der Waals surface area (Å²) in [6.07, 6.45) is 0. The second-order valence-corrected chi connectivity index (χ2v) is 8.21. The first-order valence-corrected chi connectivity index (χ1v) is 10.7. The van der Waals surface area contributed by atoms with Crippen LogP contribution in [0.1, 0.15) is 48.2 Å². The number of hydrogen-bond donors (Lipinski definition) is 1. The van der Waals surface area contributed by atoms with Crippen molar-refractivity contribution in [1.82, 2.24) is 10.2 Å². The molecule has 1 aromatic heterocycles. The second-order valence-electron chi connectivity index (χ2n) is 8.21. The maximum atomic E-state index is 12.5. The largest absolute Gasteiger partial charge is 0.496 e. The maximum absolute atomic E-state index is 12.5. The summed E-state index contributed by atoms with van der Waals surface area (Å²) in [6.45, 7) is 8.20. The van der Waals surface area contributed by atoms with Crippen molar-refractivity contribution in [3.63, 3.8) is 0 Å². The summed E-state index contributed by atoms with van der Waals surface area (Å²) < 4.78 is 11.4. The first kappa shape index (κ1) is 22.6. The number of carbonyl (C=O) groups excluding carboxylic acids is 1. The molecule has 164 valence electrons. The predicted molar refractivity (Wildman–Crippen MR) is 123 cm³/mol. The van der Waals surface area contributed by atoms with Crippen LogP contribution in [-0.4, -0.2) is 24.0 Å². The summed E-state index contributed by atoms with van der Waals surface area (Å²) >= 11 is 0. The Morgan fingerprint density at radius 3 is 2.35 bits per heavy atom. The number of ether oxygens (including phenoxy) is 1. The van der Waals surface area contributed by atoms with Gasteiger partial charge in [-0.2, -0.15) is 0 Å². The van der Waals surface area contributed by atoms with Crippen molar-refractivity contribution < 1.29 is 13.9 Å². The Morgan fingerprint density at radius 2 is 1.65 bits per heavy atom. The number of hydrogen-bond acceptors (Lipinski definition) is 4. The Balaban J connectivity index is 1.75. The zero-order valence-electron chi connectivity index (χ0n) is 18.8. The van der Waals surface area contributed by atoms with E-state index in [0.717, 1.165) is 23.6 Å². The quantitative estimate of drug-likeness (QED) is 0.486. The summed E-state index contributed by atoms with van der Waals surface area (Å²) in [6, 6.07) is 22.1. The molecule has 0 aliphatic carbocycles. The van der Waals surface area contributed by atoms with Gasteiger partial charge in [-0.3, -0.25) is 9.69 Å². The van der Waals surface area contributed by atoms with Gasteiger partial charge in [-0.15, -0.1) is 0 Å². The molecule has 1 heterocycles. The number of nitrogens with one attached hydrogen (secondary N) is 1. The summed E-state index contributed by atoms with van der Waals surface area (Å²) in [7, 11) is 1.69. The van der Waals surface area contributed by atoms with Crippen LogP contribution in [0.4, 0.5) is 0 Å². The standard InChI is InChI=1S/C26H32N2O3/c1-19(2)20(3)27-26(29)25-15-14-23(31-25)18-28(16-21-10-6-5-7-11-21)17-22-12-8-9-13-24(22)30-4/h5-15,19-20H,16-18H2,1-4H3,(H,27,29). The van der Waals surface area contributed by atoms with Crippen LogP contribution >= 0.6 is 0 Å². The molecule has 0 bridgehead atoms. The number of methoxy groups -OCH3 is 1. The predicted octanol–water partition coefficient (Wildman–Crippen LogP) is 5.26. The second kappa shape index (κ2) is 10.8. The first-order valence-electron chi connectivity index (χ1n) is 10.7. The average Bonchev–Trinajstić information content (AvgIpc) is 3.23. The number of amides is 1. The van der Waals surface area contributed by atoms with Gasteiger partial charge in [-0.25, -0.2) is 0 Å². The Labute approximate surface area is 185 Å². The van der Waals surface area contributed by atoms with E-state index in [9.17, 15) is 4.79 Å². The molecule has 0 fully saturated rings. The Morgan fingerprint density at radius 1 is 0.935 bits per heavy atom. The van der Waals surface area contributed by atoms with Crippen molar-refractivity contribution >= 4 is 5.91 Å². The van der Waals surface area contributed by atoms with E-state index < -0.39 is 0 Å². The summed E-state index contributed by atoms with van der Waals surface area (Å²) in [5, 5.41) is 2.99. The van der Waals surface area contributed by atoms with Crippen LogP contribution in [0.25, 0.3) is 0 Å². The molecule has 0 saturated heterocycles. The number of furan rings is 1. The van der Waals surface area contributed by atoms with Gasteiger partial charge in [0.15, 0.2) is 5.76 Å². The van der Waals surface area contributed by atoms with Gasteiger partial charge in [0.25, 0.3) is 5.91 Å². The Hall–Kier alpha value is -3.05. The van der Waals surface area contributed by atoms with Crippen LogP contribution < -0.4 is 10.1 Å². The SMILES string of the molecule is COc1ccccc1CN(Cc1ccccc1)Cc1ccc(C(=O)NC(C)C(C)C)o1. The van der Waals surface area contributed by atoms with Crippen LogP contribution in [0.3, 0.4) is 0 Å². The highest BCUT2D eigenvalue weighted by molar-refractivity contribution is 5.91. The van der Waals surface area contributed by atoms with Crippen LogP contribution in [0.2, 0.25) is 0 Å². The van der Waals surface area contributed by atoms with Crippen molar-refractivity contribution in [3.8, 4) is 5.75 Å². The molecule has 1 amide bonds. The molecule has 0 aliphatic heterocycles. The van der Waals surface area contributed by atoms with Crippen molar-refractivity contribution in [2.24, 2.45) is 5.92 Å². The van der Waals surface area contributed by atoms with Crippen LogP contribution in [0.15, 0.2) is 71.1 Å². The van der Waals surface area contributed by atoms with Crippen LogP contribution in [0, 0.1) is 5.92 Å². The van der Waals surface area contributed by atoms with E-state index in [2.05, 4.69) is 42.3 Å². The van der Waals surface area contributed by atoms with Gasteiger partial charge in [0.1, 0.15) is 11.5 Å². The zero-order chi connectivity index (χ0) is 22.2. The molecular weight excluding hydrogens is 388 g/mol. The van der Waals surface area contributed by atoms with E-state index in [-0.39, 0.29) is 11.9 Å². The smallest absolute Gasteiger partial charge is 0.287 e. The van der Waals surface area contributed by atoms with Gasteiger partial charge in [0.2, 0.25) is 0 Å². The molecule has 3 aromatic rings. The minimum absolute atomic E-state index is 0.0844. The molecule has 1 unspecified atom stereocenters. The Kier molecular flexibility index (Phi) is 7.90. The molecular formula is C26H32N2O3. The lowest BCUT2D eigenvalue weighted by atomic mass is 10.1. The third kappa shape index (κ3) is 6.46. The van der Waals surface area contributed by atoms with Gasteiger partial charge < -0.3 is 14.5 Å². The van der Waals surface area contributed by atoms with Crippen LogP contribution in [-0.2, 0) is 19.6 Å². The van der Waals surface area contributed by atoms with Gasteiger partial charge >= 0.3 is 0 Å². The normalized spacial score (nSPS) is 12.2. The fraction of sp³-hybridized carbons (Fsp3) is 0.346. The first-order chi connectivity index (χ1) is 15.0. The third-order valence-electron chi connectivity index (χ3n) is 5.46. The number of nitrogens with zero attached hydrogens (tertiary/aromatic N) is 1.